The van der Waals surface area contributed by atoms with E-state index in [0.29, 0.717) is 11.5 Å². The van der Waals surface area contributed by atoms with Crippen molar-refractivity contribution in [2.45, 2.75) is 51.5 Å². The summed E-state index contributed by atoms with van der Waals surface area (Å²) in [6.45, 7) is 6.13. The molecule has 2 nitrogen and oxygen atoms in total. The number of aryl methyl sites for hydroxylation is 1. The number of nitrogens with zero attached hydrogens (tertiary/aromatic N) is 1. The van der Waals surface area contributed by atoms with E-state index in [2.05, 4.69) is 48.5 Å². The summed E-state index contributed by atoms with van der Waals surface area (Å²) in [4.78, 5) is 2.46. The number of likely N-dealkylation sites (tertiary alicyclic amines) is 1. The van der Waals surface area contributed by atoms with Crippen molar-refractivity contribution in [3.8, 4) is 0 Å². The fourth-order valence-electron chi connectivity index (χ4n) is 3.84. The second kappa shape index (κ2) is 6.50. The van der Waals surface area contributed by atoms with Crippen molar-refractivity contribution in [2.24, 2.45) is 5.41 Å². The second-order valence-electron chi connectivity index (χ2n) is 7.49. The van der Waals surface area contributed by atoms with Gasteiger partial charge in [-0.1, -0.05) is 37.6 Å². The average molecular weight is 286 g/mol. The number of benzene rings is 1. The number of rotatable bonds is 3. The van der Waals surface area contributed by atoms with Crippen LogP contribution in [0, 0.1) is 5.41 Å². The molecule has 1 aliphatic heterocycles. The Morgan fingerprint density at radius 1 is 1.19 bits per heavy atom. The predicted molar refractivity (Wildman–Crippen MR) is 89.6 cm³/mol. The lowest BCUT2D eigenvalue weighted by Gasteiger charge is -2.39. The largest absolute Gasteiger partial charge is 0.309 e. The van der Waals surface area contributed by atoms with Crippen LogP contribution in [-0.4, -0.2) is 31.6 Å². The van der Waals surface area contributed by atoms with Gasteiger partial charge in [-0.05, 0) is 68.8 Å². The Hall–Kier alpha value is -0.860. The van der Waals surface area contributed by atoms with Crippen LogP contribution in [0.25, 0.3) is 0 Å². The van der Waals surface area contributed by atoms with E-state index in [4.69, 9.17) is 0 Å². The smallest absolute Gasteiger partial charge is 0.0323 e. The topological polar surface area (TPSA) is 15.3 Å². The number of nitrogens with one attached hydrogen (secondary N) is 1. The summed E-state index contributed by atoms with van der Waals surface area (Å²) >= 11 is 0. The molecular weight excluding hydrogens is 256 g/mol. The minimum Gasteiger partial charge on any atom is -0.309 e. The zero-order chi connectivity index (χ0) is 14.7. The Kier molecular flexibility index (Phi) is 4.66. The van der Waals surface area contributed by atoms with Gasteiger partial charge in [0.05, 0.1) is 0 Å². The zero-order valence-electron chi connectivity index (χ0n) is 13.7. The summed E-state index contributed by atoms with van der Waals surface area (Å²) in [5, 5.41) is 3.92. The van der Waals surface area contributed by atoms with Gasteiger partial charge in [0, 0.05) is 12.6 Å². The van der Waals surface area contributed by atoms with Crippen LogP contribution in [0.1, 0.15) is 56.2 Å². The molecule has 0 aromatic heterocycles. The van der Waals surface area contributed by atoms with Gasteiger partial charge in [-0.15, -0.1) is 0 Å². The third-order valence-corrected chi connectivity index (χ3v) is 5.59. The van der Waals surface area contributed by atoms with E-state index < -0.39 is 0 Å². The van der Waals surface area contributed by atoms with Gasteiger partial charge < -0.3 is 10.2 Å². The Morgan fingerprint density at radius 2 is 1.95 bits per heavy atom. The van der Waals surface area contributed by atoms with Crippen molar-refractivity contribution in [1.29, 1.82) is 0 Å². The second-order valence-corrected chi connectivity index (χ2v) is 7.49. The summed E-state index contributed by atoms with van der Waals surface area (Å²) in [5.74, 6) is 0. The maximum Gasteiger partial charge on any atom is 0.0323 e. The molecule has 2 aliphatic rings. The molecule has 1 heterocycles. The molecule has 1 aromatic carbocycles. The lowest BCUT2D eigenvalue weighted by Crippen LogP contribution is -2.42. The quantitative estimate of drug-likeness (QED) is 0.851. The van der Waals surface area contributed by atoms with Crippen LogP contribution in [0.2, 0.25) is 0 Å². The molecule has 2 heteroatoms. The van der Waals surface area contributed by atoms with Gasteiger partial charge in [0.15, 0.2) is 0 Å². The standard InChI is InChI=1S/C19H30N2/c1-19(11-13-21(2)14-12-19)15-20-18-10-6-4-8-16-7-3-5-9-17(16)18/h3,5,7,9,18,20H,4,6,8,10-15H2,1-2H3. The minimum absolute atomic E-state index is 0.480. The Balaban J connectivity index is 1.65. The summed E-state index contributed by atoms with van der Waals surface area (Å²) in [5.41, 5.74) is 3.61. The average Bonchev–Trinajstić information content (AvgIpc) is 2.71. The Bertz CT molecular complexity index is 460. The fourth-order valence-corrected chi connectivity index (χ4v) is 3.84. The lowest BCUT2D eigenvalue weighted by atomic mass is 9.80. The highest BCUT2D eigenvalue weighted by Gasteiger charge is 2.30. The molecule has 21 heavy (non-hydrogen) atoms. The van der Waals surface area contributed by atoms with Gasteiger partial charge in [0.1, 0.15) is 0 Å². The van der Waals surface area contributed by atoms with Gasteiger partial charge in [0.25, 0.3) is 0 Å². The first-order valence-electron chi connectivity index (χ1n) is 8.66. The molecule has 0 saturated carbocycles. The lowest BCUT2D eigenvalue weighted by molar-refractivity contribution is 0.133. The molecule has 1 atom stereocenters. The molecule has 0 amide bonds. The molecule has 0 radical (unpaired) electrons. The van der Waals surface area contributed by atoms with E-state index in [1.54, 1.807) is 11.1 Å². The first-order valence-corrected chi connectivity index (χ1v) is 8.66. The van der Waals surface area contributed by atoms with Crippen LogP contribution >= 0.6 is 0 Å². The molecule has 116 valence electrons. The van der Waals surface area contributed by atoms with Crippen molar-refractivity contribution >= 4 is 0 Å². The number of hydrogen-bond acceptors (Lipinski definition) is 2. The molecule has 1 N–H and O–H groups in total. The number of hydrogen-bond donors (Lipinski definition) is 1. The van der Waals surface area contributed by atoms with Crippen molar-refractivity contribution in [3.63, 3.8) is 0 Å². The van der Waals surface area contributed by atoms with Gasteiger partial charge in [-0.2, -0.15) is 0 Å². The molecule has 0 bridgehead atoms. The van der Waals surface area contributed by atoms with Crippen LogP contribution in [0.5, 0.6) is 0 Å². The number of fused-ring (bicyclic) bond motifs is 1. The van der Waals surface area contributed by atoms with Crippen molar-refractivity contribution in [3.05, 3.63) is 35.4 Å². The molecular formula is C19H30N2. The third kappa shape index (κ3) is 3.67. The van der Waals surface area contributed by atoms with E-state index in [1.807, 2.05) is 0 Å². The maximum absolute atomic E-state index is 3.92. The summed E-state index contributed by atoms with van der Waals surface area (Å²) in [6.07, 6.45) is 7.90. The van der Waals surface area contributed by atoms with Crippen molar-refractivity contribution in [2.75, 3.05) is 26.7 Å². The van der Waals surface area contributed by atoms with Crippen molar-refractivity contribution < 1.29 is 0 Å². The maximum atomic E-state index is 3.92. The normalized spacial score (nSPS) is 26.1. The minimum atomic E-state index is 0.480. The molecule has 1 fully saturated rings. The van der Waals surface area contributed by atoms with Crippen LogP contribution in [-0.2, 0) is 6.42 Å². The molecule has 1 aliphatic carbocycles. The van der Waals surface area contributed by atoms with Gasteiger partial charge in [-0.3, -0.25) is 0 Å². The zero-order valence-corrected chi connectivity index (χ0v) is 13.7. The summed E-state index contributed by atoms with van der Waals surface area (Å²) in [7, 11) is 2.24. The van der Waals surface area contributed by atoms with E-state index in [-0.39, 0.29) is 0 Å². The SMILES string of the molecule is CN1CCC(C)(CNC2CCCCc3ccccc32)CC1. The van der Waals surface area contributed by atoms with E-state index in [1.165, 1.54) is 58.2 Å². The van der Waals surface area contributed by atoms with Crippen LogP contribution in [0.3, 0.4) is 0 Å². The highest BCUT2D eigenvalue weighted by Crippen LogP contribution is 2.33. The van der Waals surface area contributed by atoms with Crippen molar-refractivity contribution in [1.82, 2.24) is 10.2 Å². The van der Waals surface area contributed by atoms with E-state index >= 15 is 0 Å². The molecule has 0 spiro atoms. The van der Waals surface area contributed by atoms with Crippen LogP contribution in [0.4, 0.5) is 0 Å². The molecule has 1 saturated heterocycles. The van der Waals surface area contributed by atoms with E-state index in [0.717, 1.165) is 0 Å². The molecule has 1 aromatic rings. The fraction of sp³-hybridized carbons (Fsp3) is 0.684. The Labute approximate surface area is 129 Å². The van der Waals surface area contributed by atoms with Gasteiger partial charge in [0.2, 0.25) is 0 Å². The Morgan fingerprint density at radius 3 is 2.76 bits per heavy atom. The first-order chi connectivity index (χ1) is 10.2. The highest BCUT2D eigenvalue weighted by molar-refractivity contribution is 5.31. The van der Waals surface area contributed by atoms with Gasteiger partial charge >= 0.3 is 0 Å². The van der Waals surface area contributed by atoms with Gasteiger partial charge in [-0.25, -0.2) is 0 Å². The first kappa shape index (κ1) is 15.1. The molecule has 1 unspecified atom stereocenters. The monoisotopic (exact) mass is 286 g/mol. The highest BCUT2D eigenvalue weighted by atomic mass is 15.1. The third-order valence-electron chi connectivity index (χ3n) is 5.59. The van der Waals surface area contributed by atoms with E-state index in [9.17, 15) is 0 Å². The predicted octanol–water partition coefficient (Wildman–Crippen LogP) is 3.78. The summed E-state index contributed by atoms with van der Waals surface area (Å²) in [6, 6.07) is 9.64. The van der Waals surface area contributed by atoms with Crippen LogP contribution in [0.15, 0.2) is 24.3 Å². The summed E-state index contributed by atoms with van der Waals surface area (Å²) < 4.78 is 0. The van der Waals surface area contributed by atoms with Crippen LogP contribution < -0.4 is 5.32 Å². The molecule has 3 rings (SSSR count). The number of piperidine rings is 1.